The number of aromatic nitrogens is 1. The summed E-state index contributed by atoms with van der Waals surface area (Å²) in [5.74, 6) is 0.570. The summed E-state index contributed by atoms with van der Waals surface area (Å²) in [5, 5.41) is 4.29. The molecule has 0 spiro atoms. The summed E-state index contributed by atoms with van der Waals surface area (Å²) >= 11 is 5.97. The molecule has 106 valence electrons. The highest BCUT2D eigenvalue weighted by molar-refractivity contribution is 6.30. The Morgan fingerprint density at radius 3 is 2.80 bits per heavy atom. The number of nitrogens with one attached hydrogen (secondary N) is 1. The summed E-state index contributed by atoms with van der Waals surface area (Å²) in [5.41, 5.74) is 8.00. The van der Waals surface area contributed by atoms with E-state index in [9.17, 15) is 0 Å². The standard InChI is InChI=1S/C16H20ClN3/c1-12(5-6-13-7-8-16(18)20-10-13)19-11-14-3-2-4-15(17)9-14/h2-4,7-10,12,19H,5-6,11H2,1H3,(H2,18,20). The number of nitrogens with two attached hydrogens (primary N) is 1. The molecule has 0 amide bonds. The van der Waals surface area contributed by atoms with Gasteiger partial charge in [-0.2, -0.15) is 0 Å². The molecule has 0 aliphatic rings. The van der Waals surface area contributed by atoms with Gasteiger partial charge in [-0.1, -0.05) is 29.8 Å². The average Bonchev–Trinajstić information content (AvgIpc) is 2.45. The van der Waals surface area contributed by atoms with Crippen LogP contribution in [0.1, 0.15) is 24.5 Å². The number of nitrogens with zero attached hydrogens (tertiary/aromatic N) is 1. The summed E-state index contributed by atoms with van der Waals surface area (Å²) in [6, 6.07) is 12.3. The van der Waals surface area contributed by atoms with Gasteiger partial charge < -0.3 is 11.1 Å². The molecule has 0 bridgehead atoms. The summed E-state index contributed by atoms with van der Waals surface area (Å²) in [6.07, 6.45) is 3.90. The van der Waals surface area contributed by atoms with Crippen LogP contribution in [0.5, 0.6) is 0 Å². The number of benzene rings is 1. The van der Waals surface area contributed by atoms with Gasteiger partial charge in [0.25, 0.3) is 0 Å². The van der Waals surface area contributed by atoms with E-state index in [0.29, 0.717) is 11.9 Å². The van der Waals surface area contributed by atoms with Crippen molar-refractivity contribution >= 4 is 17.4 Å². The van der Waals surface area contributed by atoms with Gasteiger partial charge >= 0.3 is 0 Å². The molecule has 4 heteroatoms. The Balaban J connectivity index is 1.75. The largest absolute Gasteiger partial charge is 0.384 e. The lowest BCUT2D eigenvalue weighted by Crippen LogP contribution is -2.25. The quantitative estimate of drug-likeness (QED) is 0.856. The molecule has 0 aliphatic heterocycles. The Morgan fingerprint density at radius 2 is 2.10 bits per heavy atom. The lowest BCUT2D eigenvalue weighted by molar-refractivity contribution is 0.514. The number of pyridine rings is 1. The normalized spacial score (nSPS) is 12.3. The van der Waals surface area contributed by atoms with Crippen LogP contribution in [0, 0.1) is 0 Å². The van der Waals surface area contributed by atoms with Gasteiger partial charge in [-0.15, -0.1) is 0 Å². The summed E-state index contributed by atoms with van der Waals surface area (Å²) in [6.45, 7) is 3.02. The topological polar surface area (TPSA) is 50.9 Å². The smallest absolute Gasteiger partial charge is 0.123 e. The molecule has 0 saturated heterocycles. The minimum Gasteiger partial charge on any atom is -0.384 e. The number of aryl methyl sites for hydroxylation is 1. The maximum atomic E-state index is 5.97. The zero-order valence-corrected chi connectivity index (χ0v) is 12.4. The van der Waals surface area contributed by atoms with E-state index in [4.69, 9.17) is 17.3 Å². The van der Waals surface area contributed by atoms with E-state index >= 15 is 0 Å². The second-order valence-electron chi connectivity index (χ2n) is 5.04. The fraction of sp³-hybridized carbons (Fsp3) is 0.312. The van der Waals surface area contributed by atoms with Crippen LogP contribution in [0.3, 0.4) is 0 Å². The first-order valence-electron chi connectivity index (χ1n) is 6.82. The Bertz CT molecular complexity index is 540. The lowest BCUT2D eigenvalue weighted by atomic mass is 10.1. The van der Waals surface area contributed by atoms with Crippen molar-refractivity contribution in [1.82, 2.24) is 10.3 Å². The highest BCUT2D eigenvalue weighted by Gasteiger charge is 2.03. The van der Waals surface area contributed by atoms with Crippen molar-refractivity contribution in [2.24, 2.45) is 0 Å². The first kappa shape index (κ1) is 14.8. The Morgan fingerprint density at radius 1 is 1.25 bits per heavy atom. The zero-order valence-electron chi connectivity index (χ0n) is 11.6. The number of hydrogen-bond donors (Lipinski definition) is 2. The van der Waals surface area contributed by atoms with Crippen molar-refractivity contribution in [1.29, 1.82) is 0 Å². The molecule has 2 rings (SSSR count). The van der Waals surface area contributed by atoms with Gasteiger partial charge in [0.05, 0.1) is 0 Å². The van der Waals surface area contributed by atoms with Gasteiger partial charge in [-0.05, 0) is 49.1 Å². The Labute approximate surface area is 125 Å². The zero-order chi connectivity index (χ0) is 14.4. The van der Waals surface area contributed by atoms with Crippen LogP contribution in [-0.2, 0) is 13.0 Å². The average molecular weight is 290 g/mol. The minimum absolute atomic E-state index is 0.437. The monoisotopic (exact) mass is 289 g/mol. The third-order valence-corrected chi connectivity index (χ3v) is 3.49. The third-order valence-electron chi connectivity index (χ3n) is 3.26. The van der Waals surface area contributed by atoms with Gasteiger partial charge in [-0.3, -0.25) is 0 Å². The summed E-state index contributed by atoms with van der Waals surface area (Å²) in [7, 11) is 0. The molecular formula is C16H20ClN3. The predicted molar refractivity (Wildman–Crippen MR) is 84.7 cm³/mol. The van der Waals surface area contributed by atoms with Crippen LogP contribution in [0.4, 0.5) is 5.82 Å². The van der Waals surface area contributed by atoms with Crippen molar-refractivity contribution in [2.45, 2.75) is 32.4 Å². The van der Waals surface area contributed by atoms with Crippen LogP contribution in [0.2, 0.25) is 5.02 Å². The highest BCUT2D eigenvalue weighted by Crippen LogP contribution is 2.11. The van der Waals surface area contributed by atoms with Gasteiger partial charge in [0.2, 0.25) is 0 Å². The maximum absolute atomic E-state index is 5.97. The van der Waals surface area contributed by atoms with Gasteiger partial charge in [0.15, 0.2) is 0 Å². The molecule has 0 fully saturated rings. The highest BCUT2D eigenvalue weighted by atomic mass is 35.5. The second kappa shape index (κ2) is 7.27. The summed E-state index contributed by atoms with van der Waals surface area (Å²) in [4.78, 5) is 4.10. The molecule has 0 radical (unpaired) electrons. The van der Waals surface area contributed by atoms with Gasteiger partial charge in [0, 0.05) is 23.8 Å². The van der Waals surface area contributed by atoms with Crippen molar-refractivity contribution in [3.63, 3.8) is 0 Å². The molecule has 3 N–H and O–H groups in total. The van der Waals surface area contributed by atoms with E-state index < -0.39 is 0 Å². The fourth-order valence-corrected chi connectivity index (χ4v) is 2.22. The molecule has 1 aromatic carbocycles. The van der Waals surface area contributed by atoms with Crippen molar-refractivity contribution in [3.05, 3.63) is 58.7 Å². The van der Waals surface area contributed by atoms with E-state index in [0.717, 1.165) is 24.4 Å². The maximum Gasteiger partial charge on any atom is 0.123 e. The molecule has 3 nitrogen and oxygen atoms in total. The number of nitrogen functional groups attached to an aromatic ring is 1. The number of anilines is 1. The Hall–Kier alpha value is -1.58. The molecule has 1 aromatic heterocycles. The van der Waals surface area contributed by atoms with E-state index in [1.807, 2.05) is 36.5 Å². The molecule has 1 heterocycles. The minimum atomic E-state index is 0.437. The molecule has 0 saturated carbocycles. The van der Waals surface area contributed by atoms with E-state index in [1.165, 1.54) is 11.1 Å². The first-order valence-corrected chi connectivity index (χ1v) is 7.19. The van der Waals surface area contributed by atoms with Crippen LogP contribution in [0.25, 0.3) is 0 Å². The van der Waals surface area contributed by atoms with Crippen LogP contribution in [-0.4, -0.2) is 11.0 Å². The third kappa shape index (κ3) is 4.83. The molecule has 1 unspecified atom stereocenters. The van der Waals surface area contributed by atoms with Crippen LogP contribution >= 0.6 is 11.6 Å². The van der Waals surface area contributed by atoms with Crippen molar-refractivity contribution < 1.29 is 0 Å². The predicted octanol–water partition coefficient (Wildman–Crippen LogP) is 3.43. The molecule has 20 heavy (non-hydrogen) atoms. The van der Waals surface area contributed by atoms with Gasteiger partial charge in [-0.25, -0.2) is 4.98 Å². The van der Waals surface area contributed by atoms with Crippen LogP contribution in [0.15, 0.2) is 42.6 Å². The SMILES string of the molecule is CC(CCc1ccc(N)nc1)NCc1cccc(Cl)c1. The fourth-order valence-electron chi connectivity index (χ4n) is 2.01. The summed E-state index contributed by atoms with van der Waals surface area (Å²) < 4.78 is 0. The lowest BCUT2D eigenvalue weighted by Gasteiger charge is -2.14. The van der Waals surface area contributed by atoms with Crippen molar-refractivity contribution in [2.75, 3.05) is 5.73 Å². The molecule has 0 aliphatic carbocycles. The van der Waals surface area contributed by atoms with Crippen molar-refractivity contribution in [3.8, 4) is 0 Å². The molecule has 1 atom stereocenters. The van der Waals surface area contributed by atoms with E-state index in [-0.39, 0.29) is 0 Å². The van der Waals surface area contributed by atoms with E-state index in [2.05, 4.69) is 23.3 Å². The van der Waals surface area contributed by atoms with Gasteiger partial charge in [0.1, 0.15) is 5.82 Å². The Kier molecular flexibility index (Phi) is 5.39. The van der Waals surface area contributed by atoms with E-state index in [1.54, 1.807) is 0 Å². The molecule has 2 aromatic rings. The van der Waals surface area contributed by atoms with Crippen LogP contribution < -0.4 is 11.1 Å². The molecular weight excluding hydrogens is 270 g/mol. The number of rotatable bonds is 6. The number of halogens is 1. The first-order chi connectivity index (χ1) is 9.63. The second-order valence-corrected chi connectivity index (χ2v) is 5.48. The number of hydrogen-bond acceptors (Lipinski definition) is 3.